The SMILES string of the molecule is NC(=O)C1CCCN(C(=O)N2CC(O)CC2C(=O)O)C1. The maximum absolute atomic E-state index is 12.4. The van der Waals surface area contributed by atoms with Crippen molar-refractivity contribution in [3.05, 3.63) is 0 Å². The second-order valence-electron chi connectivity index (χ2n) is 5.37. The van der Waals surface area contributed by atoms with Crippen molar-refractivity contribution in [3.63, 3.8) is 0 Å². The number of carboxylic acid groups (broad SMARTS) is 1. The van der Waals surface area contributed by atoms with Crippen molar-refractivity contribution in [1.82, 2.24) is 9.80 Å². The average molecular weight is 285 g/mol. The maximum Gasteiger partial charge on any atom is 0.326 e. The van der Waals surface area contributed by atoms with Crippen LogP contribution < -0.4 is 5.73 Å². The molecule has 2 fully saturated rings. The number of carboxylic acids is 1. The van der Waals surface area contributed by atoms with E-state index in [0.717, 1.165) is 4.90 Å². The van der Waals surface area contributed by atoms with E-state index in [-0.39, 0.29) is 25.4 Å². The van der Waals surface area contributed by atoms with E-state index in [1.165, 1.54) is 4.90 Å². The van der Waals surface area contributed by atoms with Crippen LogP contribution >= 0.6 is 0 Å². The van der Waals surface area contributed by atoms with Gasteiger partial charge in [-0.05, 0) is 12.8 Å². The molecular formula is C12H19N3O5. The Kier molecular flexibility index (Phi) is 4.12. The highest BCUT2D eigenvalue weighted by Crippen LogP contribution is 2.23. The number of amides is 3. The predicted octanol–water partition coefficient (Wildman–Crippen LogP) is -1.18. The Bertz CT molecular complexity index is 427. The van der Waals surface area contributed by atoms with Crippen molar-refractivity contribution >= 4 is 17.9 Å². The van der Waals surface area contributed by atoms with E-state index < -0.39 is 30.1 Å². The average Bonchev–Trinajstić information content (AvgIpc) is 2.80. The van der Waals surface area contributed by atoms with Gasteiger partial charge < -0.3 is 25.7 Å². The summed E-state index contributed by atoms with van der Waals surface area (Å²) in [5.41, 5.74) is 5.26. The Morgan fingerprint density at radius 3 is 2.50 bits per heavy atom. The molecule has 0 aromatic rings. The molecule has 3 unspecified atom stereocenters. The molecule has 3 atom stereocenters. The molecule has 8 heteroatoms. The van der Waals surface area contributed by atoms with Crippen LogP contribution in [-0.2, 0) is 9.59 Å². The molecule has 2 heterocycles. The van der Waals surface area contributed by atoms with Gasteiger partial charge in [-0.1, -0.05) is 0 Å². The Morgan fingerprint density at radius 1 is 1.20 bits per heavy atom. The van der Waals surface area contributed by atoms with Crippen molar-refractivity contribution in [2.45, 2.75) is 31.4 Å². The summed E-state index contributed by atoms with van der Waals surface area (Å²) in [6.45, 7) is 0.697. The quantitative estimate of drug-likeness (QED) is 0.589. The molecule has 0 aromatic carbocycles. The summed E-state index contributed by atoms with van der Waals surface area (Å²) in [4.78, 5) is 37.3. The second kappa shape index (κ2) is 5.66. The van der Waals surface area contributed by atoms with Gasteiger partial charge >= 0.3 is 12.0 Å². The fraction of sp³-hybridized carbons (Fsp3) is 0.750. The number of aliphatic carboxylic acids is 1. The number of aliphatic hydroxyl groups is 1. The number of rotatable bonds is 2. The number of aliphatic hydroxyl groups excluding tert-OH is 1. The number of carbonyl (C=O) groups excluding carboxylic acids is 2. The fourth-order valence-corrected chi connectivity index (χ4v) is 2.82. The van der Waals surface area contributed by atoms with Crippen LogP contribution in [0.4, 0.5) is 4.79 Å². The van der Waals surface area contributed by atoms with Gasteiger partial charge in [0, 0.05) is 26.1 Å². The highest BCUT2D eigenvalue weighted by Gasteiger charge is 2.41. The number of primary amides is 1. The summed E-state index contributed by atoms with van der Waals surface area (Å²) < 4.78 is 0. The zero-order valence-electron chi connectivity index (χ0n) is 11.1. The second-order valence-corrected chi connectivity index (χ2v) is 5.37. The molecule has 0 aromatic heterocycles. The van der Waals surface area contributed by atoms with Gasteiger partial charge in [0.2, 0.25) is 5.91 Å². The normalized spacial score (nSPS) is 30.4. The summed E-state index contributed by atoms with van der Waals surface area (Å²) >= 11 is 0. The summed E-state index contributed by atoms with van der Waals surface area (Å²) in [7, 11) is 0. The highest BCUT2D eigenvalue weighted by atomic mass is 16.4. The van der Waals surface area contributed by atoms with Crippen LogP contribution in [0.25, 0.3) is 0 Å². The zero-order chi connectivity index (χ0) is 14.9. The number of nitrogens with zero attached hydrogens (tertiary/aromatic N) is 2. The Balaban J connectivity index is 2.06. The molecule has 3 amide bonds. The Labute approximate surface area is 116 Å². The number of urea groups is 1. The van der Waals surface area contributed by atoms with E-state index >= 15 is 0 Å². The van der Waals surface area contributed by atoms with Crippen molar-refractivity contribution in [2.24, 2.45) is 11.7 Å². The van der Waals surface area contributed by atoms with Gasteiger partial charge in [-0.2, -0.15) is 0 Å². The minimum absolute atomic E-state index is 0.00748. The van der Waals surface area contributed by atoms with Crippen molar-refractivity contribution in [1.29, 1.82) is 0 Å². The third kappa shape index (κ3) is 2.84. The molecule has 0 saturated carbocycles. The molecule has 8 nitrogen and oxygen atoms in total. The third-order valence-electron chi connectivity index (χ3n) is 3.90. The van der Waals surface area contributed by atoms with Gasteiger partial charge in [0.15, 0.2) is 0 Å². The first-order valence-corrected chi connectivity index (χ1v) is 6.66. The van der Waals surface area contributed by atoms with Crippen molar-refractivity contribution < 1.29 is 24.6 Å². The number of β-amino-alcohol motifs (C(OH)–C–C–N with tert-alkyl or cyclic N) is 1. The van der Waals surface area contributed by atoms with Crippen LogP contribution in [-0.4, -0.2) is 69.7 Å². The molecule has 112 valence electrons. The summed E-state index contributed by atoms with van der Waals surface area (Å²) in [6.07, 6.45) is 0.517. The van der Waals surface area contributed by atoms with Gasteiger partial charge in [-0.3, -0.25) is 4.79 Å². The molecule has 2 aliphatic heterocycles. The largest absolute Gasteiger partial charge is 0.480 e. The lowest BCUT2D eigenvalue weighted by Crippen LogP contribution is -2.52. The van der Waals surface area contributed by atoms with E-state index in [0.29, 0.717) is 19.4 Å². The van der Waals surface area contributed by atoms with Crippen molar-refractivity contribution in [2.75, 3.05) is 19.6 Å². The first kappa shape index (κ1) is 14.6. The van der Waals surface area contributed by atoms with Gasteiger partial charge in [0.05, 0.1) is 12.0 Å². The maximum atomic E-state index is 12.4. The monoisotopic (exact) mass is 285 g/mol. The van der Waals surface area contributed by atoms with E-state index in [1.54, 1.807) is 0 Å². The fourth-order valence-electron chi connectivity index (χ4n) is 2.82. The van der Waals surface area contributed by atoms with Crippen LogP contribution in [0.2, 0.25) is 0 Å². The minimum Gasteiger partial charge on any atom is -0.480 e. The topological polar surface area (TPSA) is 124 Å². The van der Waals surface area contributed by atoms with E-state index in [1.807, 2.05) is 0 Å². The van der Waals surface area contributed by atoms with E-state index in [4.69, 9.17) is 10.8 Å². The van der Waals surface area contributed by atoms with Crippen LogP contribution in [0.1, 0.15) is 19.3 Å². The molecule has 2 rings (SSSR count). The zero-order valence-corrected chi connectivity index (χ0v) is 11.1. The highest BCUT2D eigenvalue weighted by molar-refractivity contribution is 5.84. The van der Waals surface area contributed by atoms with Crippen LogP contribution in [0, 0.1) is 5.92 Å². The number of piperidine rings is 1. The van der Waals surface area contributed by atoms with Crippen molar-refractivity contribution in [3.8, 4) is 0 Å². The minimum atomic E-state index is -1.13. The first-order valence-electron chi connectivity index (χ1n) is 6.66. The summed E-state index contributed by atoms with van der Waals surface area (Å²) in [6, 6.07) is -1.45. The van der Waals surface area contributed by atoms with Crippen LogP contribution in [0.15, 0.2) is 0 Å². The molecule has 2 aliphatic rings. The predicted molar refractivity (Wildman–Crippen MR) is 67.6 cm³/mol. The number of nitrogens with two attached hydrogens (primary N) is 1. The third-order valence-corrected chi connectivity index (χ3v) is 3.90. The summed E-state index contributed by atoms with van der Waals surface area (Å²) in [5.74, 6) is -1.96. The molecule has 4 N–H and O–H groups in total. The Hall–Kier alpha value is -1.83. The molecule has 2 saturated heterocycles. The molecule has 20 heavy (non-hydrogen) atoms. The number of likely N-dealkylation sites (tertiary alicyclic amines) is 2. The standard InChI is InChI=1S/C12H19N3O5/c13-10(17)7-2-1-3-14(5-7)12(20)15-6-8(16)4-9(15)11(18)19/h7-9,16H,1-6H2,(H2,13,17)(H,18,19). The summed E-state index contributed by atoms with van der Waals surface area (Å²) in [5, 5.41) is 18.6. The van der Waals surface area contributed by atoms with Gasteiger partial charge in [-0.25, -0.2) is 9.59 Å². The van der Waals surface area contributed by atoms with Gasteiger partial charge in [0.1, 0.15) is 6.04 Å². The van der Waals surface area contributed by atoms with Crippen LogP contribution in [0.5, 0.6) is 0 Å². The lowest BCUT2D eigenvalue weighted by molar-refractivity contribution is -0.141. The van der Waals surface area contributed by atoms with Crippen LogP contribution in [0.3, 0.4) is 0 Å². The Morgan fingerprint density at radius 2 is 1.90 bits per heavy atom. The lowest BCUT2D eigenvalue weighted by atomic mass is 9.98. The number of hydrogen-bond donors (Lipinski definition) is 3. The lowest BCUT2D eigenvalue weighted by Gasteiger charge is -2.35. The first-order chi connectivity index (χ1) is 9.40. The molecule has 0 radical (unpaired) electrons. The molecular weight excluding hydrogens is 266 g/mol. The molecule has 0 spiro atoms. The number of hydrogen-bond acceptors (Lipinski definition) is 4. The van der Waals surface area contributed by atoms with E-state index in [2.05, 4.69) is 0 Å². The van der Waals surface area contributed by atoms with Gasteiger partial charge in [-0.15, -0.1) is 0 Å². The number of carbonyl (C=O) groups is 3. The smallest absolute Gasteiger partial charge is 0.326 e. The van der Waals surface area contributed by atoms with E-state index in [9.17, 15) is 19.5 Å². The molecule has 0 bridgehead atoms. The van der Waals surface area contributed by atoms with Gasteiger partial charge in [0.25, 0.3) is 0 Å². The molecule has 0 aliphatic carbocycles.